The molecular formula is C20H19BrN2. The molecule has 1 N–H and O–H groups in total. The largest absolute Gasteiger partial charge is 0.340 e. The molecule has 0 radical (unpaired) electrons. The van der Waals surface area contributed by atoms with Crippen LogP contribution >= 0.6 is 15.9 Å². The monoisotopic (exact) mass is 366 g/mol. The Bertz CT molecular complexity index is 819. The summed E-state index contributed by atoms with van der Waals surface area (Å²) in [6.45, 7) is 3.97. The Kier molecular flexibility index (Phi) is 3.83. The highest BCUT2D eigenvalue weighted by Gasteiger charge is 2.24. The molecule has 0 saturated carbocycles. The van der Waals surface area contributed by atoms with E-state index in [1.165, 1.54) is 32.6 Å². The summed E-state index contributed by atoms with van der Waals surface area (Å²) in [5.41, 5.74) is 6.53. The zero-order valence-corrected chi connectivity index (χ0v) is 14.7. The molecule has 1 aliphatic heterocycles. The average molecular weight is 367 g/mol. The summed E-state index contributed by atoms with van der Waals surface area (Å²) in [5.74, 6) is 0. The van der Waals surface area contributed by atoms with Crippen LogP contribution in [0.25, 0.3) is 11.3 Å². The van der Waals surface area contributed by atoms with E-state index in [4.69, 9.17) is 0 Å². The van der Waals surface area contributed by atoms with Gasteiger partial charge in [0.1, 0.15) is 0 Å². The second-order valence-corrected chi connectivity index (χ2v) is 7.00. The van der Waals surface area contributed by atoms with Gasteiger partial charge in [-0.25, -0.2) is 0 Å². The molecule has 0 saturated heterocycles. The van der Waals surface area contributed by atoms with Crippen LogP contribution in [0, 0.1) is 6.92 Å². The van der Waals surface area contributed by atoms with Gasteiger partial charge in [0.25, 0.3) is 0 Å². The van der Waals surface area contributed by atoms with E-state index in [-0.39, 0.29) is 0 Å². The number of hydrogen-bond donors (Lipinski definition) is 1. The predicted octanol–water partition coefficient (Wildman–Crippen LogP) is 5.07. The fraction of sp³-hybridized carbons (Fsp3) is 0.200. The molecule has 2 nitrogen and oxygen atoms in total. The third-order valence-electron chi connectivity index (χ3n) is 4.59. The first-order chi connectivity index (χ1) is 11.2. The summed E-state index contributed by atoms with van der Waals surface area (Å²) in [6.07, 6.45) is 0. The Morgan fingerprint density at radius 1 is 1.04 bits per heavy atom. The molecule has 1 atom stereocenters. The van der Waals surface area contributed by atoms with Crippen LogP contribution < -0.4 is 5.32 Å². The van der Waals surface area contributed by atoms with E-state index < -0.39 is 0 Å². The SMILES string of the molecule is Cc1ccc([C@H]2Cn3c(-c4ccccc4)cc(Br)c3CN2)cc1. The van der Waals surface area contributed by atoms with Crippen LogP contribution in [-0.4, -0.2) is 4.57 Å². The van der Waals surface area contributed by atoms with Crippen molar-refractivity contribution in [2.45, 2.75) is 26.1 Å². The fourth-order valence-electron chi connectivity index (χ4n) is 3.28. The summed E-state index contributed by atoms with van der Waals surface area (Å²) < 4.78 is 3.63. The maximum atomic E-state index is 3.73. The van der Waals surface area contributed by atoms with Gasteiger partial charge in [-0.05, 0) is 40.0 Å². The molecule has 23 heavy (non-hydrogen) atoms. The highest BCUT2D eigenvalue weighted by Crippen LogP contribution is 2.34. The second kappa shape index (κ2) is 5.99. The van der Waals surface area contributed by atoms with Gasteiger partial charge in [-0.3, -0.25) is 0 Å². The highest BCUT2D eigenvalue weighted by atomic mass is 79.9. The number of benzene rings is 2. The molecule has 3 aromatic rings. The van der Waals surface area contributed by atoms with Crippen LogP contribution in [0.15, 0.2) is 65.1 Å². The van der Waals surface area contributed by atoms with Crippen molar-refractivity contribution in [3.63, 3.8) is 0 Å². The minimum absolute atomic E-state index is 0.352. The van der Waals surface area contributed by atoms with Gasteiger partial charge in [-0.1, -0.05) is 60.2 Å². The summed E-state index contributed by atoms with van der Waals surface area (Å²) in [5, 5.41) is 3.67. The zero-order chi connectivity index (χ0) is 15.8. The van der Waals surface area contributed by atoms with Gasteiger partial charge < -0.3 is 9.88 Å². The number of nitrogens with one attached hydrogen (secondary N) is 1. The number of rotatable bonds is 2. The van der Waals surface area contributed by atoms with Crippen LogP contribution in [0.2, 0.25) is 0 Å². The summed E-state index contributed by atoms with van der Waals surface area (Å²) in [7, 11) is 0. The second-order valence-electron chi connectivity index (χ2n) is 6.15. The van der Waals surface area contributed by atoms with Gasteiger partial charge in [-0.15, -0.1) is 0 Å². The number of nitrogens with zero attached hydrogens (tertiary/aromatic N) is 1. The van der Waals surface area contributed by atoms with E-state index in [1.54, 1.807) is 0 Å². The van der Waals surface area contributed by atoms with E-state index in [2.05, 4.69) is 93.4 Å². The van der Waals surface area contributed by atoms with E-state index in [9.17, 15) is 0 Å². The van der Waals surface area contributed by atoms with Gasteiger partial charge in [0.15, 0.2) is 0 Å². The third-order valence-corrected chi connectivity index (χ3v) is 5.27. The smallest absolute Gasteiger partial charge is 0.0505 e. The number of aryl methyl sites for hydroxylation is 1. The van der Waals surface area contributed by atoms with Crippen LogP contribution in [0.4, 0.5) is 0 Å². The molecule has 0 amide bonds. The van der Waals surface area contributed by atoms with Crippen molar-refractivity contribution in [2.24, 2.45) is 0 Å². The predicted molar refractivity (Wildman–Crippen MR) is 98.3 cm³/mol. The Morgan fingerprint density at radius 2 is 1.78 bits per heavy atom. The molecule has 116 valence electrons. The van der Waals surface area contributed by atoms with E-state index in [1.807, 2.05) is 0 Å². The number of fused-ring (bicyclic) bond motifs is 1. The molecule has 0 spiro atoms. The lowest BCUT2D eigenvalue weighted by Gasteiger charge is -2.28. The molecule has 1 aliphatic rings. The molecular weight excluding hydrogens is 348 g/mol. The summed E-state index contributed by atoms with van der Waals surface area (Å²) in [6, 6.07) is 22.1. The van der Waals surface area contributed by atoms with E-state index in [0.717, 1.165) is 13.1 Å². The van der Waals surface area contributed by atoms with Crippen LogP contribution in [0.5, 0.6) is 0 Å². The van der Waals surface area contributed by atoms with Crippen LogP contribution in [0.1, 0.15) is 22.9 Å². The van der Waals surface area contributed by atoms with Gasteiger partial charge in [-0.2, -0.15) is 0 Å². The Hall–Kier alpha value is -1.84. The molecule has 0 bridgehead atoms. The highest BCUT2D eigenvalue weighted by molar-refractivity contribution is 9.10. The molecule has 4 rings (SSSR count). The van der Waals surface area contributed by atoms with Crippen molar-refractivity contribution >= 4 is 15.9 Å². The molecule has 2 heterocycles. The van der Waals surface area contributed by atoms with Crippen molar-refractivity contribution in [3.05, 3.63) is 82.0 Å². The first-order valence-corrected chi connectivity index (χ1v) is 8.75. The Balaban J connectivity index is 1.72. The standard InChI is InChI=1S/C20H19BrN2/c1-14-7-9-15(10-8-14)18-13-23-19(16-5-3-2-4-6-16)11-17(21)20(23)12-22-18/h2-11,18,22H,12-13H2,1H3/t18-/m1/s1. The maximum absolute atomic E-state index is 3.73. The van der Waals surface area contributed by atoms with Gasteiger partial charge in [0.2, 0.25) is 0 Å². The van der Waals surface area contributed by atoms with Gasteiger partial charge in [0, 0.05) is 29.0 Å². The molecule has 0 fully saturated rings. The fourth-order valence-corrected chi connectivity index (χ4v) is 3.85. The number of hydrogen-bond acceptors (Lipinski definition) is 1. The van der Waals surface area contributed by atoms with Crippen molar-refractivity contribution < 1.29 is 0 Å². The first-order valence-electron chi connectivity index (χ1n) is 7.95. The first kappa shape index (κ1) is 14.7. The Labute approximate surface area is 145 Å². The normalized spacial score (nSPS) is 17.0. The average Bonchev–Trinajstić information content (AvgIpc) is 2.93. The van der Waals surface area contributed by atoms with E-state index in [0.29, 0.717) is 6.04 Å². The quantitative estimate of drug-likeness (QED) is 0.669. The van der Waals surface area contributed by atoms with Crippen LogP contribution in [-0.2, 0) is 13.1 Å². The Morgan fingerprint density at radius 3 is 2.52 bits per heavy atom. The lowest BCUT2D eigenvalue weighted by Crippen LogP contribution is -2.32. The number of aromatic nitrogens is 1. The molecule has 1 aromatic heterocycles. The lowest BCUT2D eigenvalue weighted by molar-refractivity contribution is 0.405. The van der Waals surface area contributed by atoms with Gasteiger partial charge >= 0.3 is 0 Å². The molecule has 0 aliphatic carbocycles. The molecule has 2 aromatic carbocycles. The topological polar surface area (TPSA) is 17.0 Å². The summed E-state index contributed by atoms with van der Waals surface area (Å²) in [4.78, 5) is 0. The number of halogens is 1. The minimum atomic E-state index is 0.352. The van der Waals surface area contributed by atoms with Crippen LogP contribution in [0.3, 0.4) is 0 Å². The summed E-state index contributed by atoms with van der Waals surface area (Å²) >= 11 is 3.73. The lowest BCUT2D eigenvalue weighted by atomic mass is 10.0. The zero-order valence-electron chi connectivity index (χ0n) is 13.1. The maximum Gasteiger partial charge on any atom is 0.0505 e. The van der Waals surface area contributed by atoms with Crippen molar-refractivity contribution in [1.82, 2.24) is 9.88 Å². The van der Waals surface area contributed by atoms with E-state index >= 15 is 0 Å². The van der Waals surface area contributed by atoms with Crippen molar-refractivity contribution in [1.29, 1.82) is 0 Å². The van der Waals surface area contributed by atoms with Crippen molar-refractivity contribution in [3.8, 4) is 11.3 Å². The third kappa shape index (κ3) is 2.75. The minimum Gasteiger partial charge on any atom is -0.340 e. The molecule has 0 unspecified atom stereocenters. The van der Waals surface area contributed by atoms with Gasteiger partial charge in [0.05, 0.1) is 6.04 Å². The van der Waals surface area contributed by atoms with Crippen molar-refractivity contribution in [2.75, 3.05) is 0 Å². The molecule has 3 heteroatoms.